The lowest BCUT2D eigenvalue weighted by atomic mass is 10.1. The molecule has 0 aliphatic carbocycles. The molecule has 0 saturated carbocycles. The van der Waals surface area contributed by atoms with E-state index in [1.165, 1.54) is 0 Å². The van der Waals surface area contributed by atoms with Crippen molar-refractivity contribution in [2.75, 3.05) is 43.5 Å². The fraction of sp³-hybridized carbons (Fsp3) is 0.571. The highest BCUT2D eigenvalue weighted by Gasteiger charge is 2.32. The van der Waals surface area contributed by atoms with Crippen molar-refractivity contribution in [1.82, 2.24) is 5.32 Å². The molecule has 1 aromatic carbocycles. The first kappa shape index (κ1) is 16.0. The summed E-state index contributed by atoms with van der Waals surface area (Å²) in [6, 6.07) is 5.00. The minimum absolute atomic E-state index is 0.0135. The highest BCUT2D eigenvalue weighted by atomic mass is 16.3. The van der Waals surface area contributed by atoms with Crippen molar-refractivity contribution < 1.29 is 20.4 Å². The Morgan fingerprint density at radius 3 is 2.76 bits per heavy atom. The summed E-state index contributed by atoms with van der Waals surface area (Å²) < 4.78 is 0. The maximum Gasteiger partial charge on any atom is 0.104 e. The van der Waals surface area contributed by atoms with Crippen molar-refractivity contribution in [2.45, 2.75) is 18.2 Å². The fourth-order valence-corrected chi connectivity index (χ4v) is 2.66. The second-order valence-corrected chi connectivity index (χ2v) is 5.27. The second-order valence-electron chi connectivity index (χ2n) is 5.27. The number of β-amino-alcohol motifs (C(OH)–C–C–N with tert-alkyl or cyclic N) is 1. The molecule has 7 N–H and O–H groups in total. The van der Waals surface area contributed by atoms with Gasteiger partial charge in [-0.25, -0.2) is 0 Å². The Labute approximate surface area is 123 Å². The lowest BCUT2D eigenvalue weighted by molar-refractivity contribution is 0.0959. The Morgan fingerprint density at radius 2 is 2.10 bits per heavy atom. The molecule has 7 nitrogen and oxygen atoms in total. The summed E-state index contributed by atoms with van der Waals surface area (Å²) in [6.07, 6.45) is -1.57. The molecule has 3 unspecified atom stereocenters. The van der Waals surface area contributed by atoms with Gasteiger partial charge in [0, 0.05) is 36.6 Å². The first-order valence-electron chi connectivity index (χ1n) is 7.02. The average molecular weight is 297 g/mol. The highest BCUT2D eigenvalue weighted by molar-refractivity contribution is 5.61. The Bertz CT molecular complexity index is 472. The average Bonchev–Trinajstić information content (AvgIpc) is 2.85. The number of nitrogen functional groups attached to an aromatic ring is 1. The van der Waals surface area contributed by atoms with Gasteiger partial charge in [-0.3, -0.25) is 0 Å². The third-order valence-corrected chi connectivity index (χ3v) is 3.73. The molecule has 0 aromatic heterocycles. The van der Waals surface area contributed by atoms with Crippen molar-refractivity contribution >= 4 is 11.4 Å². The first-order valence-corrected chi connectivity index (χ1v) is 7.02. The van der Waals surface area contributed by atoms with E-state index in [9.17, 15) is 10.2 Å². The molecule has 118 valence electrons. The van der Waals surface area contributed by atoms with Crippen LogP contribution < -0.4 is 16.0 Å². The molecule has 1 aliphatic rings. The molecule has 0 amide bonds. The SMILES string of the molecule is Nc1ccc(N2CC(O)C(NCCO)C2)c(C(O)CO)c1. The van der Waals surface area contributed by atoms with Gasteiger partial charge in [-0.1, -0.05) is 0 Å². The summed E-state index contributed by atoms with van der Waals surface area (Å²) in [7, 11) is 0. The molecule has 21 heavy (non-hydrogen) atoms. The molecular weight excluding hydrogens is 274 g/mol. The van der Waals surface area contributed by atoms with Gasteiger partial charge in [-0.2, -0.15) is 0 Å². The van der Waals surface area contributed by atoms with Gasteiger partial charge in [0.05, 0.1) is 25.4 Å². The summed E-state index contributed by atoms with van der Waals surface area (Å²) in [5.41, 5.74) is 7.55. The highest BCUT2D eigenvalue weighted by Crippen LogP contribution is 2.31. The Morgan fingerprint density at radius 1 is 1.33 bits per heavy atom. The molecular formula is C14H23N3O4. The quantitative estimate of drug-likeness (QED) is 0.351. The predicted octanol–water partition coefficient (Wildman–Crippen LogP) is -1.57. The van der Waals surface area contributed by atoms with Gasteiger partial charge in [0.2, 0.25) is 0 Å². The molecule has 0 bridgehead atoms. The van der Waals surface area contributed by atoms with E-state index in [0.717, 1.165) is 5.69 Å². The smallest absolute Gasteiger partial charge is 0.104 e. The zero-order valence-electron chi connectivity index (χ0n) is 11.8. The van der Waals surface area contributed by atoms with Crippen LogP contribution in [0.3, 0.4) is 0 Å². The number of aliphatic hydroxyl groups is 4. The van der Waals surface area contributed by atoms with Gasteiger partial charge < -0.3 is 36.4 Å². The maximum atomic E-state index is 10.1. The summed E-state index contributed by atoms with van der Waals surface area (Å²) in [5.74, 6) is 0. The van der Waals surface area contributed by atoms with Crippen LogP contribution in [-0.4, -0.2) is 65.4 Å². The predicted molar refractivity (Wildman–Crippen MR) is 80.0 cm³/mol. The van der Waals surface area contributed by atoms with E-state index in [-0.39, 0.29) is 19.3 Å². The largest absolute Gasteiger partial charge is 0.399 e. The molecule has 1 fully saturated rings. The normalized spacial score (nSPS) is 23.5. The summed E-state index contributed by atoms with van der Waals surface area (Å²) in [5, 5.41) is 41.1. The molecule has 1 heterocycles. The van der Waals surface area contributed by atoms with Crippen molar-refractivity contribution in [2.24, 2.45) is 0 Å². The third kappa shape index (κ3) is 3.63. The second kappa shape index (κ2) is 7.06. The number of hydrogen-bond acceptors (Lipinski definition) is 7. The van der Waals surface area contributed by atoms with E-state index >= 15 is 0 Å². The number of nitrogens with zero attached hydrogens (tertiary/aromatic N) is 1. The fourth-order valence-electron chi connectivity index (χ4n) is 2.66. The number of aliphatic hydroxyl groups excluding tert-OH is 4. The summed E-state index contributed by atoms with van der Waals surface area (Å²) >= 11 is 0. The number of benzene rings is 1. The molecule has 2 rings (SSSR count). The van der Waals surface area contributed by atoms with Crippen LogP contribution in [-0.2, 0) is 0 Å². The van der Waals surface area contributed by atoms with Gasteiger partial charge in [-0.05, 0) is 18.2 Å². The minimum Gasteiger partial charge on any atom is -0.399 e. The number of anilines is 2. The van der Waals surface area contributed by atoms with Crippen molar-refractivity contribution in [1.29, 1.82) is 0 Å². The minimum atomic E-state index is -1.01. The van der Waals surface area contributed by atoms with Crippen molar-refractivity contribution in [3.8, 4) is 0 Å². The zero-order valence-corrected chi connectivity index (χ0v) is 11.8. The van der Waals surface area contributed by atoms with E-state index in [4.69, 9.17) is 15.9 Å². The monoisotopic (exact) mass is 297 g/mol. The maximum absolute atomic E-state index is 10.1. The standard InChI is InChI=1S/C14H23N3O4/c15-9-1-2-12(10(5-9)14(21)8-19)17-6-11(13(20)7-17)16-3-4-18/h1-2,5,11,13-14,16,18-21H,3-4,6-8,15H2. The number of nitrogens with one attached hydrogen (secondary N) is 1. The lowest BCUT2D eigenvalue weighted by Gasteiger charge is -2.24. The lowest BCUT2D eigenvalue weighted by Crippen LogP contribution is -2.40. The van der Waals surface area contributed by atoms with E-state index < -0.39 is 12.2 Å². The van der Waals surface area contributed by atoms with Crippen LogP contribution in [0, 0.1) is 0 Å². The molecule has 0 spiro atoms. The Kier molecular flexibility index (Phi) is 5.38. The number of rotatable bonds is 6. The summed E-state index contributed by atoms with van der Waals surface area (Å²) in [4.78, 5) is 1.94. The molecule has 0 radical (unpaired) electrons. The molecule has 1 saturated heterocycles. The van der Waals surface area contributed by atoms with Crippen LogP contribution in [0.25, 0.3) is 0 Å². The van der Waals surface area contributed by atoms with Gasteiger partial charge in [0.1, 0.15) is 6.10 Å². The molecule has 7 heteroatoms. The van der Waals surface area contributed by atoms with Crippen molar-refractivity contribution in [3.63, 3.8) is 0 Å². The van der Waals surface area contributed by atoms with Gasteiger partial charge >= 0.3 is 0 Å². The molecule has 3 atom stereocenters. The van der Waals surface area contributed by atoms with Crippen molar-refractivity contribution in [3.05, 3.63) is 23.8 Å². The van der Waals surface area contributed by atoms with E-state index in [0.29, 0.717) is 30.9 Å². The van der Waals surface area contributed by atoms with Gasteiger partial charge in [-0.15, -0.1) is 0 Å². The van der Waals surface area contributed by atoms with Crippen LogP contribution in [0.5, 0.6) is 0 Å². The van der Waals surface area contributed by atoms with Crippen LogP contribution >= 0.6 is 0 Å². The summed E-state index contributed by atoms with van der Waals surface area (Å²) in [6.45, 7) is 1.01. The Balaban J connectivity index is 2.19. The van der Waals surface area contributed by atoms with E-state index in [1.807, 2.05) is 4.90 Å². The van der Waals surface area contributed by atoms with E-state index in [1.54, 1.807) is 18.2 Å². The molecule has 1 aliphatic heterocycles. The van der Waals surface area contributed by atoms with Crippen LogP contribution in [0.4, 0.5) is 11.4 Å². The van der Waals surface area contributed by atoms with Gasteiger partial charge in [0.25, 0.3) is 0 Å². The van der Waals surface area contributed by atoms with Crippen LogP contribution in [0.2, 0.25) is 0 Å². The number of nitrogens with two attached hydrogens (primary N) is 1. The van der Waals surface area contributed by atoms with E-state index in [2.05, 4.69) is 5.32 Å². The number of hydrogen-bond donors (Lipinski definition) is 6. The first-order chi connectivity index (χ1) is 10.1. The zero-order chi connectivity index (χ0) is 15.4. The third-order valence-electron chi connectivity index (χ3n) is 3.73. The topological polar surface area (TPSA) is 122 Å². The molecule has 1 aromatic rings. The van der Waals surface area contributed by atoms with Crippen LogP contribution in [0.1, 0.15) is 11.7 Å². The Hall–Kier alpha value is -1.38. The van der Waals surface area contributed by atoms with Gasteiger partial charge in [0.15, 0.2) is 0 Å². The van der Waals surface area contributed by atoms with Crippen LogP contribution in [0.15, 0.2) is 18.2 Å².